The first-order chi connectivity index (χ1) is 17.7. The van der Waals surface area contributed by atoms with Crippen molar-refractivity contribution in [1.29, 1.82) is 0 Å². The van der Waals surface area contributed by atoms with Crippen LogP contribution in [0.25, 0.3) is 22.0 Å². The number of pyridine rings is 1. The molecule has 0 saturated carbocycles. The first-order valence-corrected chi connectivity index (χ1v) is 13.6. The molecule has 3 aromatic carbocycles. The molecule has 1 aliphatic rings. The van der Waals surface area contributed by atoms with Gasteiger partial charge < -0.3 is 14.5 Å². The molecule has 0 saturated heterocycles. The lowest BCUT2D eigenvalue weighted by Gasteiger charge is -2.24. The lowest BCUT2D eigenvalue weighted by molar-refractivity contribution is 0.329. The summed E-state index contributed by atoms with van der Waals surface area (Å²) in [7, 11) is -0.802. The number of methoxy groups -OCH3 is 2. The van der Waals surface area contributed by atoms with E-state index >= 15 is 0 Å². The van der Waals surface area contributed by atoms with E-state index < -0.39 is 16.1 Å². The normalized spacial score (nSPS) is 15.6. The number of aromatic nitrogens is 1. The Morgan fingerprint density at radius 3 is 2.43 bits per heavy atom. The van der Waals surface area contributed by atoms with E-state index in [1.165, 1.54) is 14.2 Å². The van der Waals surface area contributed by atoms with Gasteiger partial charge in [0.25, 0.3) is 5.56 Å². The number of nitrogens with zero attached hydrogens (tertiary/aromatic N) is 2. The average Bonchev–Trinajstić information content (AvgIpc) is 3.33. The Labute approximate surface area is 219 Å². The third kappa shape index (κ3) is 4.45. The topological polar surface area (TPSA) is 101 Å². The number of ether oxygens (including phenoxy) is 2. The SMILES string of the molecule is COc1cccc([C@@H]2CC(c3c(-c4ccccc4)c4cc(Cl)ccc4[nH]c3=O)=NN2S(C)(=O)=O)c1OC. The van der Waals surface area contributed by atoms with Gasteiger partial charge in [0.1, 0.15) is 0 Å². The second-order valence-corrected chi connectivity index (χ2v) is 10.9. The summed E-state index contributed by atoms with van der Waals surface area (Å²) in [5.74, 6) is 0.868. The van der Waals surface area contributed by atoms with Crippen molar-refractivity contribution in [2.24, 2.45) is 5.10 Å². The second-order valence-electron chi connectivity index (χ2n) is 8.64. The highest BCUT2D eigenvalue weighted by Gasteiger charge is 2.38. The Morgan fingerprint density at radius 2 is 1.76 bits per heavy atom. The number of hydrogen-bond acceptors (Lipinski definition) is 6. The number of sulfonamides is 1. The van der Waals surface area contributed by atoms with Gasteiger partial charge in [0, 0.05) is 33.5 Å². The number of aromatic amines is 1. The van der Waals surface area contributed by atoms with Gasteiger partial charge in [0.05, 0.1) is 37.8 Å². The summed E-state index contributed by atoms with van der Waals surface area (Å²) < 4.78 is 37.8. The summed E-state index contributed by atoms with van der Waals surface area (Å²) in [5.41, 5.74) is 2.86. The number of benzene rings is 3. The van der Waals surface area contributed by atoms with Crippen LogP contribution in [0.2, 0.25) is 5.02 Å². The predicted molar refractivity (Wildman–Crippen MR) is 145 cm³/mol. The fraction of sp³-hybridized carbons (Fsp3) is 0.185. The van der Waals surface area contributed by atoms with Gasteiger partial charge in [-0.1, -0.05) is 54.1 Å². The molecule has 0 amide bonds. The quantitative estimate of drug-likeness (QED) is 0.374. The first-order valence-electron chi connectivity index (χ1n) is 11.4. The minimum absolute atomic E-state index is 0.144. The molecule has 10 heteroatoms. The minimum Gasteiger partial charge on any atom is -0.493 e. The number of H-pyrrole nitrogens is 1. The molecule has 37 heavy (non-hydrogen) atoms. The highest BCUT2D eigenvalue weighted by atomic mass is 35.5. The van der Waals surface area contributed by atoms with Crippen molar-refractivity contribution in [3.8, 4) is 22.6 Å². The molecule has 4 aromatic rings. The van der Waals surface area contributed by atoms with E-state index in [4.69, 9.17) is 21.1 Å². The molecule has 8 nitrogen and oxygen atoms in total. The molecule has 1 aromatic heterocycles. The van der Waals surface area contributed by atoms with Crippen LogP contribution in [0.5, 0.6) is 11.5 Å². The maximum atomic E-state index is 13.5. The van der Waals surface area contributed by atoms with Crippen LogP contribution in [-0.2, 0) is 10.0 Å². The van der Waals surface area contributed by atoms with Crippen LogP contribution in [-0.4, -0.2) is 44.0 Å². The Kier molecular flexibility index (Phi) is 6.43. The van der Waals surface area contributed by atoms with Gasteiger partial charge in [-0.3, -0.25) is 4.79 Å². The Morgan fingerprint density at radius 1 is 1.00 bits per heavy atom. The molecule has 0 radical (unpaired) electrons. The highest BCUT2D eigenvalue weighted by molar-refractivity contribution is 7.88. The van der Waals surface area contributed by atoms with Crippen LogP contribution in [0, 0.1) is 0 Å². The van der Waals surface area contributed by atoms with Crippen LogP contribution in [0.3, 0.4) is 0 Å². The zero-order chi connectivity index (χ0) is 26.3. The molecule has 0 fully saturated rings. The number of hydrogen-bond donors (Lipinski definition) is 1. The fourth-order valence-corrected chi connectivity index (χ4v) is 5.87. The molecule has 0 spiro atoms. The summed E-state index contributed by atoms with van der Waals surface area (Å²) in [6.45, 7) is 0. The predicted octanol–water partition coefficient (Wildman–Crippen LogP) is 4.98. The number of halogens is 1. The van der Waals surface area contributed by atoms with Crippen molar-refractivity contribution in [1.82, 2.24) is 9.40 Å². The third-order valence-corrected chi connectivity index (χ3v) is 7.58. The minimum atomic E-state index is -3.81. The number of nitrogens with one attached hydrogen (secondary N) is 1. The third-order valence-electron chi connectivity index (χ3n) is 6.33. The largest absolute Gasteiger partial charge is 0.493 e. The number of para-hydroxylation sites is 1. The number of fused-ring (bicyclic) bond motifs is 1. The van der Waals surface area contributed by atoms with E-state index in [2.05, 4.69) is 10.1 Å². The maximum Gasteiger partial charge on any atom is 0.258 e. The molecule has 0 unspecified atom stereocenters. The van der Waals surface area contributed by atoms with Gasteiger partial charge in [-0.25, -0.2) is 8.42 Å². The Balaban J connectivity index is 1.77. The molecule has 1 aliphatic heterocycles. The van der Waals surface area contributed by atoms with Crippen molar-refractivity contribution in [2.75, 3.05) is 20.5 Å². The van der Waals surface area contributed by atoms with Gasteiger partial charge in [-0.05, 0) is 29.8 Å². The summed E-state index contributed by atoms with van der Waals surface area (Å²) >= 11 is 6.34. The second kappa shape index (κ2) is 9.57. The van der Waals surface area contributed by atoms with Crippen molar-refractivity contribution in [3.05, 3.63) is 93.2 Å². The van der Waals surface area contributed by atoms with E-state index in [0.717, 1.165) is 21.6 Å². The van der Waals surface area contributed by atoms with E-state index in [-0.39, 0.29) is 12.0 Å². The summed E-state index contributed by atoms with van der Waals surface area (Å²) in [5, 5.41) is 5.74. The monoisotopic (exact) mass is 537 g/mol. The Hall–Kier alpha value is -3.82. The average molecular weight is 538 g/mol. The smallest absolute Gasteiger partial charge is 0.258 e. The number of rotatable bonds is 6. The van der Waals surface area contributed by atoms with Gasteiger partial charge in [0.15, 0.2) is 11.5 Å². The molecule has 0 bridgehead atoms. The van der Waals surface area contributed by atoms with Gasteiger partial charge in [-0.2, -0.15) is 9.52 Å². The van der Waals surface area contributed by atoms with E-state index in [0.29, 0.717) is 44.4 Å². The van der Waals surface area contributed by atoms with Crippen molar-refractivity contribution < 1.29 is 17.9 Å². The first kappa shape index (κ1) is 24.9. The highest BCUT2D eigenvalue weighted by Crippen LogP contribution is 2.43. The van der Waals surface area contributed by atoms with E-state index in [1.807, 2.05) is 30.3 Å². The molecule has 190 valence electrons. The van der Waals surface area contributed by atoms with Crippen LogP contribution in [0.4, 0.5) is 0 Å². The molecule has 5 rings (SSSR count). The lowest BCUT2D eigenvalue weighted by Crippen LogP contribution is -2.26. The molecule has 2 heterocycles. The molecule has 1 N–H and O–H groups in total. The maximum absolute atomic E-state index is 13.5. The van der Waals surface area contributed by atoms with Gasteiger partial charge >= 0.3 is 0 Å². The zero-order valence-electron chi connectivity index (χ0n) is 20.4. The van der Waals surface area contributed by atoms with Gasteiger partial charge in [0.2, 0.25) is 10.0 Å². The standard InChI is InChI=1S/C27H24ClN3O5S/c1-35-23-11-7-10-18(26(23)36-2)22-15-21(30-31(22)37(3,33)34)25-24(16-8-5-4-6-9-16)19-14-17(28)12-13-20(19)29-27(25)32/h4-14,22H,15H2,1-3H3,(H,29,32)/t22-/m0/s1. The van der Waals surface area contributed by atoms with Crippen LogP contribution >= 0.6 is 11.6 Å². The van der Waals surface area contributed by atoms with Crippen molar-refractivity contribution >= 4 is 38.2 Å². The molecular weight excluding hydrogens is 514 g/mol. The van der Waals surface area contributed by atoms with Crippen LogP contribution in [0.1, 0.15) is 23.6 Å². The molecule has 1 atom stereocenters. The van der Waals surface area contributed by atoms with Crippen molar-refractivity contribution in [2.45, 2.75) is 12.5 Å². The lowest BCUT2D eigenvalue weighted by atomic mass is 9.91. The summed E-state index contributed by atoms with van der Waals surface area (Å²) in [4.78, 5) is 16.5. The number of hydrazone groups is 1. The van der Waals surface area contributed by atoms with Gasteiger partial charge in [-0.15, -0.1) is 0 Å². The van der Waals surface area contributed by atoms with Crippen LogP contribution in [0.15, 0.2) is 76.6 Å². The zero-order valence-corrected chi connectivity index (χ0v) is 21.9. The summed E-state index contributed by atoms with van der Waals surface area (Å²) in [6.07, 6.45) is 1.23. The fourth-order valence-electron chi connectivity index (χ4n) is 4.80. The molecular formula is C27H24ClN3O5S. The molecule has 0 aliphatic carbocycles. The van der Waals surface area contributed by atoms with Crippen LogP contribution < -0.4 is 15.0 Å². The van der Waals surface area contributed by atoms with Crippen molar-refractivity contribution in [3.63, 3.8) is 0 Å². The van der Waals surface area contributed by atoms with E-state index in [1.54, 1.807) is 36.4 Å². The Bertz CT molecular complexity index is 1700. The summed E-state index contributed by atoms with van der Waals surface area (Å²) in [6, 6.07) is 19.2. The van der Waals surface area contributed by atoms with E-state index in [9.17, 15) is 13.2 Å².